The molecule has 0 aliphatic carbocycles. The number of imide groups is 1. The first-order valence-corrected chi connectivity index (χ1v) is 7.55. The molecule has 132 valence electrons. The number of ether oxygens (including phenoxy) is 1. The second-order valence-electron chi connectivity index (χ2n) is 7.13. The number of rotatable bonds is 6. The van der Waals surface area contributed by atoms with Crippen LogP contribution in [0.5, 0.6) is 0 Å². The highest BCUT2D eigenvalue weighted by atomic mass is 17.2. The van der Waals surface area contributed by atoms with Crippen LogP contribution in [-0.2, 0) is 28.9 Å². The van der Waals surface area contributed by atoms with Crippen molar-refractivity contribution in [3.8, 4) is 0 Å². The lowest BCUT2D eigenvalue weighted by Gasteiger charge is -2.30. The quantitative estimate of drug-likeness (QED) is 0.264. The van der Waals surface area contributed by atoms with E-state index in [-0.39, 0.29) is 12.8 Å². The van der Waals surface area contributed by atoms with Crippen molar-refractivity contribution in [1.29, 1.82) is 5.41 Å². The van der Waals surface area contributed by atoms with Crippen molar-refractivity contribution in [2.45, 2.75) is 78.1 Å². The summed E-state index contributed by atoms with van der Waals surface area (Å²) in [6.07, 6.45) is -0.446. The number of carbonyl (C=O) groups excluding carboxylic acids is 2. The Balaban J connectivity index is 2.42. The predicted octanol–water partition coefficient (Wildman–Crippen LogP) is 2.32. The number of hydrogen-bond donors (Lipinski definition) is 1. The lowest BCUT2D eigenvalue weighted by atomic mass is 10.0. The summed E-state index contributed by atoms with van der Waals surface area (Å²) >= 11 is 0. The second-order valence-corrected chi connectivity index (χ2v) is 7.13. The number of nitrogens with one attached hydrogen (secondary N) is 1. The molecule has 0 spiro atoms. The van der Waals surface area contributed by atoms with E-state index in [0.29, 0.717) is 11.5 Å². The molecule has 8 heteroatoms. The molecule has 1 N–H and O–H groups in total. The van der Waals surface area contributed by atoms with Crippen LogP contribution in [0.25, 0.3) is 0 Å². The van der Waals surface area contributed by atoms with Crippen LogP contribution >= 0.6 is 0 Å². The molecule has 0 saturated carbocycles. The van der Waals surface area contributed by atoms with Gasteiger partial charge in [0.25, 0.3) is 11.8 Å². The van der Waals surface area contributed by atoms with Gasteiger partial charge in [0.15, 0.2) is 0 Å². The van der Waals surface area contributed by atoms with E-state index < -0.39 is 35.2 Å². The zero-order valence-electron chi connectivity index (χ0n) is 14.6. The minimum atomic E-state index is -0.647. The fourth-order valence-electron chi connectivity index (χ4n) is 1.95. The highest BCUT2D eigenvalue weighted by Gasteiger charge is 2.33. The Hall–Kier alpha value is -1.67. The van der Waals surface area contributed by atoms with Gasteiger partial charge in [-0.15, -0.1) is 5.06 Å². The molecule has 1 saturated heterocycles. The van der Waals surface area contributed by atoms with Gasteiger partial charge < -0.3 is 9.57 Å². The van der Waals surface area contributed by atoms with Crippen LogP contribution in [0.2, 0.25) is 0 Å². The average Bonchev–Trinajstić information content (AvgIpc) is 2.67. The van der Waals surface area contributed by atoms with Gasteiger partial charge in [-0.2, -0.15) is 0 Å². The molecule has 23 heavy (non-hydrogen) atoms. The zero-order chi connectivity index (χ0) is 17.8. The van der Waals surface area contributed by atoms with E-state index in [9.17, 15) is 9.59 Å². The van der Waals surface area contributed by atoms with Crippen LogP contribution in [0, 0.1) is 5.41 Å². The van der Waals surface area contributed by atoms with Crippen LogP contribution in [0.4, 0.5) is 0 Å². The van der Waals surface area contributed by atoms with E-state index in [2.05, 4.69) is 0 Å². The molecule has 0 aromatic rings. The number of hydrogen-bond acceptors (Lipinski definition) is 7. The molecule has 2 amide bonds. The minimum absolute atomic E-state index is 0.0900. The third-order valence-corrected chi connectivity index (χ3v) is 2.78. The number of nitrogens with zero attached hydrogens (tertiary/aromatic N) is 1. The van der Waals surface area contributed by atoms with E-state index in [1.807, 2.05) is 34.6 Å². The smallest absolute Gasteiger partial charge is 0.406 e. The SMILES string of the molecule is CC(CC(C)(C)OOC(C)(C)C)OC(=N)ON1C(=O)CCC1=O. The van der Waals surface area contributed by atoms with Gasteiger partial charge in [0.1, 0.15) is 11.7 Å². The Labute approximate surface area is 136 Å². The summed E-state index contributed by atoms with van der Waals surface area (Å²) in [6.45, 7) is 11.0. The van der Waals surface area contributed by atoms with Crippen molar-refractivity contribution in [2.75, 3.05) is 0 Å². The molecule has 0 radical (unpaired) electrons. The summed E-state index contributed by atoms with van der Waals surface area (Å²) in [5, 5.41) is 8.18. The maximum atomic E-state index is 11.4. The predicted molar refractivity (Wildman–Crippen MR) is 81.1 cm³/mol. The van der Waals surface area contributed by atoms with E-state index in [4.69, 9.17) is 24.8 Å². The molecular formula is C15H26N2O6. The van der Waals surface area contributed by atoms with Gasteiger partial charge in [-0.1, -0.05) is 0 Å². The molecule has 8 nitrogen and oxygen atoms in total. The summed E-state index contributed by atoms with van der Waals surface area (Å²) < 4.78 is 5.26. The van der Waals surface area contributed by atoms with Gasteiger partial charge in [-0.25, -0.2) is 15.2 Å². The number of amides is 2. The van der Waals surface area contributed by atoms with Gasteiger partial charge in [0.2, 0.25) is 0 Å². The van der Waals surface area contributed by atoms with Crippen molar-refractivity contribution in [1.82, 2.24) is 5.06 Å². The van der Waals surface area contributed by atoms with Gasteiger partial charge in [0, 0.05) is 19.3 Å². The lowest BCUT2D eigenvalue weighted by molar-refractivity contribution is -0.399. The van der Waals surface area contributed by atoms with Crippen molar-refractivity contribution in [3.05, 3.63) is 0 Å². The van der Waals surface area contributed by atoms with Crippen LogP contribution < -0.4 is 0 Å². The Bertz CT molecular complexity index is 453. The topological polar surface area (TPSA) is 98.2 Å². The first-order chi connectivity index (χ1) is 10.4. The number of hydroxylamine groups is 2. The molecule has 1 aliphatic rings. The molecule has 1 atom stereocenters. The molecule has 1 rings (SSSR count). The third kappa shape index (κ3) is 6.96. The molecule has 1 fully saturated rings. The summed E-state index contributed by atoms with van der Waals surface area (Å²) in [7, 11) is 0. The monoisotopic (exact) mass is 330 g/mol. The fourth-order valence-corrected chi connectivity index (χ4v) is 1.95. The van der Waals surface area contributed by atoms with Crippen LogP contribution in [0.1, 0.15) is 60.8 Å². The van der Waals surface area contributed by atoms with Gasteiger partial charge in [-0.05, 0) is 41.5 Å². The molecule has 1 unspecified atom stereocenters. The van der Waals surface area contributed by atoms with Crippen LogP contribution in [0.3, 0.4) is 0 Å². The third-order valence-electron chi connectivity index (χ3n) is 2.78. The van der Waals surface area contributed by atoms with Gasteiger partial charge in [-0.3, -0.25) is 9.59 Å². The standard InChI is InChI=1S/C15H26N2O6/c1-10(9-15(5,6)23-22-14(2,3)4)20-13(16)21-17-11(18)7-8-12(17)19/h10,16H,7-9H2,1-6H3. The minimum Gasteiger partial charge on any atom is -0.446 e. The molecular weight excluding hydrogens is 304 g/mol. The van der Waals surface area contributed by atoms with E-state index in [1.54, 1.807) is 6.92 Å². The van der Waals surface area contributed by atoms with Crippen LogP contribution in [-0.4, -0.2) is 40.3 Å². The highest BCUT2D eigenvalue weighted by Crippen LogP contribution is 2.22. The van der Waals surface area contributed by atoms with Crippen molar-refractivity contribution < 1.29 is 28.9 Å². The summed E-state index contributed by atoms with van der Waals surface area (Å²) in [6, 6.07) is 0. The van der Waals surface area contributed by atoms with E-state index in [0.717, 1.165) is 0 Å². The number of carbonyl (C=O) groups is 2. The first-order valence-electron chi connectivity index (χ1n) is 7.55. The first kappa shape index (κ1) is 19.4. The Morgan fingerprint density at radius 1 is 1.13 bits per heavy atom. The molecule has 0 bridgehead atoms. The van der Waals surface area contributed by atoms with Crippen molar-refractivity contribution in [2.24, 2.45) is 0 Å². The van der Waals surface area contributed by atoms with Crippen molar-refractivity contribution >= 4 is 17.9 Å². The van der Waals surface area contributed by atoms with E-state index in [1.165, 1.54) is 0 Å². The van der Waals surface area contributed by atoms with Crippen LogP contribution in [0.15, 0.2) is 0 Å². The zero-order valence-corrected chi connectivity index (χ0v) is 14.6. The van der Waals surface area contributed by atoms with Gasteiger partial charge >= 0.3 is 6.08 Å². The summed E-state index contributed by atoms with van der Waals surface area (Å²) in [5.74, 6) is -0.948. The molecule has 1 aliphatic heterocycles. The fraction of sp³-hybridized carbons (Fsp3) is 0.800. The normalized spacial score (nSPS) is 17.4. The average molecular weight is 330 g/mol. The molecule has 1 heterocycles. The Kier molecular flexibility index (Phi) is 6.12. The molecule has 0 aromatic carbocycles. The summed E-state index contributed by atoms with van der Waals surface area (Å²) in [5.41, 5.74) is -1.08. The van der Waals surface area contributed by atoms with E-state index >= 15 is 0 Å². The Morgan fingerprint density at radius 2 is 1.65 bits per heavy atom. The summed E-state index contributed by atoms with van der Waals surface area (Å²) in [4.78, 5) is 38.4. The van der Waals surface area contributed by atoms with Crippen molar-refractivity contribution in [3.63, 3.8) is 0 Å². The van der Waals surface area contributed by atoms with Gasteiger partial charge in [0.05, 0.1) is 5.60 Å². The second kappa shape index (κ2) is 7.27. The molecule has 0 aromatic heterocycles. The largest absolute Gasteiger partial charge is 0.446 e. The lowest BCUT2D eigenvalue weighted by Crippen LogP contribution is -2.37. The highest BCUT2D eigenvalue weighted by molar-refractivity contribution is 6.01. The Morgan fingerprint density at radius 3 is 2.13 bits per heavy atom. The maximum Gasteiger partial charge on any atom is 0.406 e. The maximum absolute atomic E-state index is 11.4.